The van der Waals surface area contributed by atoms with Crippen molar-refractivity contribution in [2.45, 2.75) is 26.7 Å². The first kappa shape index (κ1) is 18.9. The van der Waals surface area contributed by atoms with E-state index < -0.39 is 28.6 Å². The van der Waals surface area contributed by atoms with Gasteiger partial charge in [0.1, 0.15) is 5.75 Å². The zero-order chi connectivity index (χ0) is 19.9. The van der Waals surface area contributed by atoms with Crippen LogP contribution in [-0.2, 0) is 9.59 Å². The number of allylic oxidation sites excluding steroid dienone is 2. The fourth-order valence-electron chi connectivity index (χ4n) is 4.73. The maximum Gasteiger partial charge on any atom is 0.307 e. The van der Waals surface area contributed by atoms with E-state index in [-0.39, 0.29) is 29.0 Å². The topological polar surface area (TPSA) is 119 Å². The summed E-state index contributed by atoms with van der Waals surface area (Å²) in [5.41, 5.74) is 2.13. The van der Waals surface area contributed by atoms with Crippen LogP contribution in [0.2, 0.25) is 0 Å². The van der Waals surface area contributed by atoms with Crippen molar-refractivity contribution in [3.05, 3.63) is 39.5 Å². The molecule has 2 aliphatic carbocycles. The van der Waals surface area contributed by atoms with Gasteiger partial charge in [-0.2, -0.15) is 0 Å². The Morgan fingerprint density at radius 3 is 2.37 bits per heavy atom. The summed E-state index contributed by atoms with van der Waals surface area (Å²) in [5.74, 6) is -2.84. The number of amides is 1. The second-order valence-corrected chi connectivity index (χ2v) is 7.27. The van der Waals surface area contributed by atoms with Gasteiger partial charge >= 0.3 is 5.97 Å². The van der Waals surface area contributed by atoms with Crippen LogP contribution in [-0.4, -0.2) is 29.0 Å². The minimum atomic E-state index is -0.980. The fraction of sp³-hybridized carbons (Fsp3) is 0.474. The number of rotatable bonds is 5. The highest BCUT2D eigenvalue weighted by Crippen LogP contribution is 2.57. The smallest absolute Gasteiger partial charge is 0.307 e. The summed E-state index contributed by atoms with van der Waals surface area (Å²) < 4.78 is 5.18. The zero-order valence-electron chi connectivity index (χ0n) is 15.4. The summed E-state index contributed by atoms with van der Waals surface area (Å²) in [6, 6.07) is 3.92. The Morgan fingerprint density at radius 1 is 1.22 bits per heavy atom. The number of nitrogens with one attached hydrogen (secondary N) is 1. The van der Waals surface area contributed by atoms with Gasteiger partial charge in [0.15, 0.2) is 0 Å². The van der Waals surface area contributed by atoms with Crippen molar-refractivity contribution in [2.75, 3.05) is 12.4 Å². The molecule has 1 aromatic rings. The number of hydrogen-bond donors (Lipinski definition) is 2. The minimum Gasteiger partial charge on any atom is -0.495 e. The largest absolute Gasteiger partial charge is 0.495 e. The number of aliphatic carboxylic acids is 1. The van der Waals surface area contributed by atoms with Crippen LogP contribution < -0.4 is 10.1 Å². The molecule has 2 saturated carbocycles. The van der Waals surface area contributed by atoms with Gasteiger partial charge in [-0.3, -0.25) is 19.7 Å². The predicted octanol–water partition coefficient (Wildman–Crippen LogP) is 3.24. The van der Waals surface area contributed by atoms with E-state index in [1.165, 1.54) is 25.3 Å². The van der Waals surface area contributed by atoms with Crippen molar-refractivity contribution in [1.29, 1.82) is 0 Å². The summed E-state index contributed by atoms with van der Waals surface area (Å²) in [7, 11) is 1.40. The molecule has 2 fully saturated rings. The van der Waals surface area contributed by atoms with E-state index in [0.717, 1.165) is 24.0 Å². The molecule has 2 bridgehead atoms. The summed E-state index contributed by atoms with van der Waals surface area (Å²) in [4.78, 5) is 35.4. The first-order valence-corrected chi connectivity index (χ1v) is 8.79. The molecule has 0 unspecified atom stereocenters. The molecule has 2 aliphatic rings. The molecule has 4 atom stereocenters. The van der Waals surface area contributed by atoms with Gasteiger partial charge in [-0.05, 0) is 44.6 Å². The maximum atomic E-state index is 13.0. The Hall–Kier alpha value is -2.90. The molecule has 1 amide bonds. The zero-order valence-corrected chi connectivity index (χ0v) is 15.4. The average molecular weight is 374 g/mol. The van der Waals surface area contributed by atoms with Crippen LogP contribution >= 0.6 is 0 Å². The minimum absolute atomic E-state index is 0.106. The van der Waals surface area contributed by atoms with E-state index in [0.29, 0.717) is 0 Å². The Kier molecular flexibility index (Phi) is 4.91. The highest BCUT2D eigenvalue weighted by Gasteiger charge is 2.57. The monoisotopic (exact) mass is 374 g/mol. The number of carboxylic acid groups (broad SMARTS) is 1. The molecule has 8 nitrogen and oxygen atoms in total. The highest BCUT2D eigenvalue weighted by molar-refractivity contribution is 5.98. The lowest BCUT2D eigenvalue weighted by molar-refractivity contribution is -0.384. The number of ether oxygens (including phenoxy) is 1. The number of benzene rings is 1. The Bertz CT molecular complexity index is 843. The van der Waals surface area contributed by atoms with Crippen LogP contribution in [0.3, 0.4) is 0 Å². The van der Waals surface area contributed by atoms with Gasteiger partial charge in [0.2, 0.25) is 5.91 Å². The summed E-state index contributed by atoms with van der Waals surface area (Å²) in [5, 5.41) is 23.4. The fourth-order valence-corrected chi connectivity index (χ4v) is 4.73. The van der Waals surface area contributed by atoms with Crippen molar-refractivity contribution in [3.63, 3.8) is 0 Å². The molecule has 144 valence electrons. The molecule has 0 aliphatic heterocycles. The number of nitro benzene ring substituents is 1. The normalized spacial score (nSPS) is 26.0. The SMILES string of the molecule is COc1ccc([N+](=O)[O-])cc1NC(=O)[C@H]1[C@H](C(=O)O)[C@H]2CC[C@H]1C2=C(C)C. The number of carboxylic acids is 1. The van der Waals surface area contributed by atoms with E-state index in [4.69, 9.17) is 4.74 Å². The summed E-state index contributed by atoms with van der Waals surface area (Å²) in [6.07, 6.45) is 1.55. The van der Waals surface area contributed by atoms with Crippen LogP contribution in [0.25, 0.3) is 0 Å². The molecule has 0 aromatic heterocycles. The summed E-state index contributed by atoms with van der Waals surface area (Å²) in [6.45, 7) is 3.90. The molecule has 0 saturated heterocycles. The molecular formula is C19H22N2O6. The first-order valence-electron chi connectivity index (χ1n) is 8.79. The van der Waals surface area contributed by atoms with E-state index in [1.54, 1.807) is 0 Å². The lowest BCUT2D eigenvalue weighted by Crippen LogP contribution is -2.37. The Morgan fingerprint density at radius 2 is 1.85 bits per heavy atom. The van der Waals surface area contributed by atoms with Gasteiger partial charge < -0.3 is 15.2 Å². The number of methoxy groups -OCH3 is 1. The van der Waals surface area contributed by atoms with Gasteiger partial charge in [0, 0.05) is 12.1 Å². The standard InChI is InChI=1S/C19H22N2O6/c1-9(2)15-11-5-6-12(15)17(19(23)24)16(11)18(22)20-13-8-10(21(25)26)4-7-14(13)27-3/h4,7-8,11-12,16-17H,5-6H2,1-3H3,(H,20,22)(H,23,24)/t11-,12-,16+,17+/m0/s1. The van der Waals surface area contributed by atoms with Gasteiger partial charge in [0.25, 0.3) is 5.69 Å². The van der Waals surface area contributed by atoms with Crippen LogP contribution in [0.5, 0.6) is 5.75 Å². The predicted molar refractivity (Wildman–Crippen MR) is 97.5 cm³/mol. The van der Waals surface area contributed by atoms with Gasteiger partial charge in [-0.15, -0.1) is 0 Å². The van der Waals surface area contributed by atoms with Crippen LogP contribution in [0.4, 0.5) is 11.4 Å². The number of anilines is 1. The second-order valence-electron chi connectivity index (χ2n) is 7.27. The lowest BCUT2D eigenvalue weighted by atomic mass is 9.78. The van der Waals surface area contributed by atoms with E-state index in [9.17, 15) is 24.8 Å². The number of non-ortho nitro benzene ring substituents is 1. The molecule has 2 N–H and O–H groups in total. The number of carbonyl (C=O) groups excluding carboxylic acids is 1. The van der Waals surface area contributed by atoms with Crippen molar-refractivity contribution in [2.24, 2.45) is 23.7 Å². The van der Waals surface area contributed by atoms with Crippen molar-refractivity contribution in [1.82, 2.24) is 0 Å². The molecule has 8 heteroatoms. The van der Waals surface area contributed by atoms with Crippen molar-refractivity contribution in [3.8, 4) is 5.75 Å². The number of nitrogens with zero attached hydrogens (tertiary/aromatic N) is 1. The molecule has 0 heterocycles. The number of nitro groups is 1. The molecular weight excluding hydrogens is 352 g/mol. The van der Waals surface area contributed by atoms with E-state index in [2.05, 4.69) is 5.32 Å². The van der Waals surface area contributed by atoms with E-state index >= 15 is 0 Å². The Labute approximate surface area is 156 Å². The van der Waals surface area contributed by atoms with E-state index in [1.807, 2.05) is 13.8 Å². The third-order valence-electron chi connectivity index (χ3n) is 5.66. The number of hydrogen-bond acceptors (Lipinski definition) is 5. The van der Waals surface area contributed by atoms with Crippen LogP contribution in [0.1, 0.15) is 26.7 Å². The van der Waals surface area contributed by atoms with Gasteiger partial charge in [-0.25, -0.2) is 0 Å². The number of fused-ring (bicyclic) bond motifs is 2. The quantitative estimate of drug-likeness (QED) is 0.464. The second kappa shape index (κ2) is 7.02. The Balaban J connectivity index is 1.94. The molecule has 27 heavy (non-hydrogen) atoms. The third kappa shape index (κ3) is 3.15. The molecule has 3 rings (SSSR count). The third-order valence-corrected chi connectivity index (χ3v) is 5.66. The highest BCUT2D eigenvalue weighted by atomic mass is 16.6. The number of carbonyl (C=O) groups is 2. The molecule has 0 radical (unpaired) electrons. The maximum absolute atomic E-state index is 13.0. The first-order chi connectivity index (χ1) is 12.8. The molecule has 0 spiro atoms. The van der Waals surface area contributed by atoms with Crippen molar-refractivity contribution >= 4 is 23.3 Å². The van der Waals surface area contributed by atoms with Crippen molar-refractivity contribution < 1.29 is 24.4 Å². The lowest BCUT2D eigenvalue weighted by Gasteiger charge is -2.26. The van der Waals surface area contributed by atoms with Gasteiger partial charge in [-0.1, -0.05) is 11.1 Å². The molecule has 1 aromatic carbocycles. The van der Waals surface area contributed by atoms with Crippen LogP contribution in [0, 0.1) is 33.8 Å². The summed E-state index contributed by atoms with van der Waals surface area (Å²) >= 11 is 0. The average Bonchev–Trinajstić information content (AvgIpc) is 3.17. The van der Waals surface area contributed by atoms with Gasteiger partial charge in [0.05, 0.1) is 29.6 Å². The van der Waals surface area contributed by atoms with Crippen LogP contribution in [0.15, 0.2) is 29.3 Å².